The Labute approximate surface area is 333 Å². The zero-order valence-electron chi connectivity index (χ0n) is 30.9. The zero-order chi connectivity index (χ0) is 38.2. The Morgan fingerprint density at radius 1 is 0.759 bits per heavy atom. The first-order chi connectivity index (χ1) is 25.9. The molecular weight excluding hydrogens is 812 g/mol. The van der Waals surface area contributed by atoms with Crippen molar-refractivity contribution < 1.29 is 14.4 Å². The number of rotatable bonds is 7. The second-order valence-electron chi connectivity index (χ2n) is 15.3. The van der Waals surface area contributed by atoms with Gasteiger partial charge in [-0.1, -0.05) is 65.5 Å². The summed E-state index contributed by atoms with van der Waals surface area (Å²) in [6, 6.07) is 18.0. The number of amides is 3. The molecule has 1 saturated heterocycles. The maximum absolute atomic E-state index is 13.9. The molecule has 13 heteroatoms. The average Bonchev–Trinajstić information content (AvgIpc) is 3.97. The molecule has 1 aromatic heterocycles. The first-order valence-electron chi connectivity index (χ1n) is 19.0. The van der Waals surface area contributed by atoms with Gasteiger partial charge in [0.1, 0.15) is 0 Å². The van der Waals surface area contributed by atoms with Crippen molar-refractivity contribution in [1.82, 2.24) is 19.7 Å². The standard InChI is InChI=1S/C25H28BrN5O2.C16H20BrN3O/c1-16(32)30-9-7-17(8-10-30)15-31-23(33)25(20-5-6-20,29-24(31)27)21-4-2-3-18(11-21)19-12-22(26)14-28-13-19;1-20-14(21)16(19-15(20)18,11-6-3-2-4-7-11)12-8-5-9-13(17)10-12/h2-4,11-14,17,20H,5-10,15H2,1H3,(H2,27,29);5,8-11H,2-4,6-7H2,1H3,(H2,18,19)/t25-;/m1./s1. The number of pyridine rings is 1. The van der Waals surface area contributed by atoms with Crippen LogP contribution < -0.4 is 11.5 Å². The molecule has 5 aliphatic rings. The van der Waals surface area contributed by atoms with E-state index in [1.54, 1.807) is 25.1 Å². The smallest absolute Gasteiger partial charge is 0.262 e. The van der Waals surface area contributed by atoms with Crippen LogP contribution in [0, 0.1) is 17.8 Å². The van der Waals surface area contributed by atoms with Gasteiger partial charge in [0, 0.05) is 60.5 Å². The van der Waals surface area contributed by atoms with E-state index in [4.69, 9.17) is 16.5 Å². The highest BCUT2D eigenvalue weighted by Gasteiger charge is 2.58. The molecule has 3 aliphatic heterocycles. The molecule has 4 N–H and O–H groups in total. The van der Waals surface area contributed by atoms with Crippen molar-refractivity contribution in [2.24, 2.45) is 39.2 Å². The van der Waals surface area contributed by atoms with Gasteiger partial charge in [-0.2, -0.15) is 0 Å². The summed E-state index contributed by atoms with van der Waals surface area (Å²) in [6.07, 6.45) is 12.9. The van der Waals surface area contributed by atoms with Gasteiger partial charge in [-0.25, -0.2) is 9.98 Å². The average molecular weight is 861 g/mol. The van der Waals surface area contributed by atoms with E-state index in [2.05, 4.69) is 47.9 Å². The Kier molecular flexibility index (Phi) is 11.0. The number of likely N-dealkylation sites (tertiary alicyclic amines) is 1. The number of benzene rings is 2. The van der Waals surface area contributed by atoms with Gasteiger partial charge in [0.25, 0.3) is 11.8 Å². The molecule has 3 amide bonds. The largest absolute Gasteiger partial charge is 0.369 e. The summed E-state index contributed by atoms with van der Waals surface area (Å²) >= 11 is 6.99. The summed E-state index contributed by atoms with van der Waals surface area (Å²) in [5, 5.41) is 0. The van der Waals surface area contributed by atoms with Crippen LogP contribution in [-0.2, 0) is 25.5 Å². The molecule has 8 rings (SSSR count). The van der Waals surface area contributed by atoms with Crippen LogP contribution in [0.5, 0.6) is 0 Å². The molecular formula is C41H48Br2N8O3. The maximum atomic E-state index is 13.9. The lowest BCUT2D eigenvalue weighted by atomic mass is 9.71. The Balaban J connectivity index is 0.000000184. The van der Waals surface area contributed by atoms with E-state index in [-0.39, 0.29) is 29.6 Å². The number of hydrogen-bond acceptors (Lipinski definition) is 8. The van der Waals surface area contributed by atoms with Crippen LogP contribution in [0.25, 0.3) is 11.1 Å². The van der Waals surface area contributed by atoms with Crippen LogP contribution in [0.1, 0.15) is 75.8 Å². The van der Waals surface area contributed by atoms with Crippen molar-refractivity contribution >= 4 is 61.5 Å². The summed E-state index contributed by atoms with van der Waals surface area (Å²) in [6.45, 7) is 3.63. The lowest BCUT2D eigenvalue weighted by molar-refractivity contribution is -0.134. The molecule has 11 nitrogen and oxygen atoms in total. The van der Waals surface area contributed by atoms with Gasteiger partial charge >= 0.3 is 0 Å². The number of carbonyl (C=O) groups is 3. The molecule has 2 aliphatic carbocycles. The molecule has 54 heavy (non-hydrogen) atoms. The summed E-state index contributed by atoms with van der Waals surface area (Å²) in [5.41, 5.74) is 14.4. The number of halogens is 2. The summed E-state index contributed by atoms with van der Waals surface area (Å²) in [5.74, 6) is 1.46. The van der Waals surface area contributed by atoms with E-state index in [0.29, 0.717) is 24.4 Å². The topological polar surface area (TPSA) is 151 Å². The van der Waals surface area contributed by atoms with Gasteiger partial charge in [-0.15, -0.1) is 0 Å². The highest BCUT2D eigenvalue weighted by molar-refractivity contribution is 9.10. The minimum absolute atomic E-state index is 0.00463. The minimum Gasteiger partial charge on any atom is -0.369 e. The second-order valence-corrected chi connectivity index (χ2v) is 17.1. The number of nitrogens with zero attached hydrogens (tertiary/aromatic N) is 6. The van der Waals surface area contributed by atoms with Crippen LogP contribution in [0.3, 0.4) is 0 Å². The molecule has 2 saturated carbocycles. The number of hydrogen-bond donors (Lipinski definition) is 2. The fourth-order valence-electron chi connectivity index (χ4n) is 8.76. The van der Waals surface area contributed by atoms with E-state index < -0.39 is 11.1 Å². The highest BCUT2D eigenvalue weighted by Crippen LogP contribution is 2.52. The molecule has 284 valence electrons. The van der Waals surface area contributed by atoms with Gasteiger partial charge in [-0.05, 0) is 113 Å². The molecule has 3 aromatic rings. The summed E-state index contributed by atoms with van der Waals surface area (Å²) in [4.78, 5) is 57.4. The monoisotopic (exact) mass is 858 g/mol. The minimum atomic E-state index is -0.945. The molecule has 1 unspecified atom stereocenters. The Bertz CT molecular complexity index is 1990. The Morgan fingerprint density at radius 2 is 1.39 bits per heavy atom. The van der Waals surface area contributed by atoms with Crippen LogP contribution in [0.2, 0.25) is 0 Å². The molecule has 2 aromatic carbocycles. The predicted molar refractivity (Wildman–Crippen MR) is 217 cm³/mol. The van der Waals surface area contributed by atoms with E-state index >= 15 is 0 Å². The lowest BCUT2D eigenvalue weighted by Crippen LogP contribution is -2.48. The van der Waals surface area contributed by atoms with Gasteiger partial charge in [0.05, 0.1) is 0 Å². The molecule has 0 radical (unpaired) electrons. The lowest BCUT2D eigenvalue weighted by Gasteiger charge is -2.36. The van der Waals surface area contributed by atoms with E-state index in [1.807, 2.05) is 59.6 Å². The Hall–Kier alpha value is -4.10. The fourth-order valence-corrected chi connectivity index (χ4v) is 9.52. The molecule has 3 fully saturated rings. The number of piperidine rings is 1. The first-order valence-corrected chi connectivity index (χ1v) is 20.6. The zero-order valence-corrected chi connectivity index (χ0v) is 34.1. The Morgan fingerprint density at radius 3 is 2.00 bits per heavy atom. The third-order valence-electron chi connectivity index (χ3n) is 11.9. The van der Waals surface area contributed by atoms with Crippen LogP contribution in [0.15, 0.2) is 85.9 Å². The maximum Gasteiger partial charge on any atom is 0.262 e. The van der Waals surface area contributed by atoms with Gasteiger partial charge in [0.2, 0.25) is 5.91 Å². The summed E-state index contributed by atoms with van der Waals surface area (Å²) in [7, 11) is 1.71. The third kappa shape index (κ3) is 7.21. The molecule has 0 bridgehead atoms. The van der Waals surface area contributed by atoms with Crippen LogP contribution in [-0.4, -0.2) is 76.0 Å². The second kappa shape index (κ2) is 15.6. The van der Waals surface area contributed by atoms with Crippen molar-refractivity contribution in [2.75, 3.05) is 26.7 Å². The summed E-state index contributed by atoms with van der Waals surface area (Å²) < 4.78 is 1.87. The van der Waals surface area contributed by atoms with E-state index in [0.717, 1.165) is 95.7 Å². The fraction of sp³-hybridized carbons (Fsp3) is 0.463. The molecule has 4 heterocycles. The number of aliphatic imine (C=N–C) groups is 2. The molecule has 0 spiro atoms. The van der Waals surface area contributed by atoms with Gasteiger partial charge in [0.15, 0.2) is 23.0 Å². The van der Waals surface area contributed by atoms with Crippen molar-refractivity contribution in [1.29, 1.82) is 0 Å². The van der Waals surface area contributed by atoms with Crippen LogP contribution in [0.4, 0.5) is 0 Å². The van der Waals surface area contributed by atoms with E-state index in [9.17, 15) is 14.4 Å². The number of aromatic nitrogens is 1. The SMILES string of the molecule is CC(=O)N1CCC(CN2C(=O)[C@](c3cccc(-c4cncc(Br)c4)c3)(C3CC3)N=C2N)CC1.CN1C(=O)C(c2cccc(Br)c2)(C2CCCCC2)N=C1N. The van der Waals surface area contributed by atoms with Crippen LogP contribution >= 0.6 is 31.9 Å². The van der Waals surface area contributed by atoms with Crippen molar-refractivity contribution in [3.8, 4) is 11.1 Å². The van der Waals surface area contributed by atoms with Crippen molar-refractivity contribution in [2.45, 2.75) is 75.8 Å². The quantitative estimate of drug-likeness (QED) is 0.276. The van der Waals surface area contributed by atoms with Gasteiger partial charge in [-0.3, -0.25) is 29.2 Å². The number of nitrogens with two attached hydrogens (primary N) is 2. The third-order valence-corrected chi connectivity index (χ3v) is 12.8. The van der Waals surface area contributed by atoms with Crippen molar-refractivity contribution in [3.63, 3.8) is 0 Å². The highest BCUT2D eigenvalue weighted by atomic mass is 79.9. The number of carbonyl (C=O) groups excluding carboxylic acids is 3. The predicted octanol–water partition coefficient (Wildman–Crippen LogP) is 6.54. The molecule has 2 atom stereocenters. The van der Waals surface area contributed by atoms with E-state index in [1.165, 1.54) is 11.3 Å². The normalized spacial score (nSPS) is 25.0. The van der Waals surface area contributed by atoms with Crippen molar-refractivity contribution in [3.05, 3.63) is 87.1 Å². The number of guanidine groups is 2. The van der Waals surface area contributed by atoms with Gasteiger partial charge < -0.3 is 16.4 Å². The number of likely N-dealkylation sites (N-methyl/N-ethyl adjacent to an activating group) is 1. The first kappa shape index (κ1) is 38.2.